The van der Waals surface area contributed by atoms with Gasteiger partial charge in [0.25, 0.3) is 0 Å². The topological polar surface area (TPSA) is 61.3 Å². The molecule has 1 unspecified atom stereocenters. The van der Waals surface area contributed by atoms with Crippen LogP contribution in [-0.2, 0) is 6.42 Å². The van der Waals surface area contributed by atoms with Crippen LogP contribution in [0.4, 0.5) is 5.69 Å². The number of rotatable bonds is 0. The molecule has 0 bridgehead atoms. The maximum Gasteiger partial charge on any atom is 0.148 e. The Morgan fingerprint density at radius 2 is 2.23 bits per heavy atom. The Kier molecular flexibility index (Phi) is 1.88. The second-order valence-electron chi connectivity index (χ2n) is 3.48. The van der Waals surface area contributed by atoms with Crippen LogP contribution in [0.2, 0.25) is 0 Å². The van der Waals surface area contributed by atoms with Crippen LogP contribution in [0.3, 0.4) is 0 Å². The molecule has 0 spiro atoms. The zero-order valence-electron chi connectivity index (χ0n) is 7.71. The smallest absolute Gasteiger partial charge is 0.148 e. The fourth-order valence-corrected chi connectivity index (χ4v) is 1.59. The van der Waals surface area contributed by atoms with Gasteiger partial charge in [-0.25, -0.2) is 0 Å². The second-order valence-corrected chi connectivity index (χ2v) is 3.48. The predicted molar refractivity (Wildman–Crippen MR) is 52.5 cm³/mol. The van der Waals surface area contributed by atoms with Crippen molar-refractivity contribution in [3.05, 3.63) is 23.3 Å². The van der Waals surface area contributed by atoms with E-state index in [-0.39, 0.29) is 6.23 Å². The van der Waals surface area contributed by atoms with E-state index in [2.05, 4.69) is 6.07 Å². The van der Waals surface area contributed by atoms with Gasteiger partial charge in [0.05, 0.1) is 5.69 Å². The predicted octanol–water partition coefficient (Wildman–Crippen LogP) is 1.19. The van der Waals surface area contributed by atoms with E-state index >= 15 is 0 Å². The van der Waals surface area contributed by atoms with Crippen molar-refractivity contribution in [2.45, 2.75) is 26.0 Å². The Morgan fingerprint density at radius 1 is 1.46 bits per heavy atom. The van der Waals surface area contributed by atoms with Gasteiger partial charge in [-0.1, -0.05) is 12.1 Å². The van der Waals surface area contributed by atoms with Crippen molar-refractivity contribution in [2.75, 3.05) is 5.73 Å². The Bertz CT molecular complexity index is 336. The SMILES string of the molecule is Cc1ccc2c(c1N)OC(N)CC2. The summed E-state index contributed by atoms with van der Waals surface area (Å²) in [5, 5.41) is 0. The second kappa shape index (κ2) is 2.92. The molecule has 1 aliphatic rings. The summed E-state index contributed by atoms with van der Waals surface area (Å²) in [6, 6.07) is 4.08. The first-order chi connectivity index (χ1) is 6.18. The van der Waals surface area contributed by atoms with Gasteiger partial charge in [0.2, 0.25) is 0 Å². The van der Waals surface area contributed by atoms with E-state index in [1.165, 1.54) is 5.56 Å². The van der Waals surface area contributed by atoms with Crippen LogP contribution in [0.15, 0.2) is 12.1 Å². The molecule has 0 radical (unpaired) electrons. The summed E-state index contributed by atoms with van der Waals surface area (Å²) in [6.45, 7) is 1.97. The molecular weight excluding hydrogens is 164 g/mol. The highest BCUT2D eigenvalue weighted by Crippen LogP contribution is 2.34. The van der Waals surface area contributed by atoms with Crippen molar-refractivity contribution in [1.82, 2.24) is 0 Å². The van der Waals surface area contributed by atoms with E-state index in [4.69, 9.17) is 16.2 Å². The third-order valence-corrected chi connectivity index (χ3v) is 2.46. The van der Waals surface area contributed by atoms with Gasteiger partial charge in [0.15, 0.2) is 0 Å². The lowest BCUT2D eigenvalue weighted by atomic mass is 10.0. The Labute approximate surface area is 77.7 Å². The lowest BCUT2D eigenvalue weighted by molar-refractivity contribution is 0.182. The quantitative estimate of drug-likeness (QED) is 0.586. The van der Waals surface area contributed by atoms with Crippen LogP contribution in [0.5, 0.6) is 5.75 Å². The molecule has 0 aromatic heterocycles. The van der Waals surface area contributed by atoms with Crippen LogP contribution in [0.1, 0.15) is 17.5 Å². The first-order valence-corrected chi connectivity index (χ1v) is 4.48. The fraction of sp³-hybridized carbons (Fsp3) is 0.400. The van der Waals surface area contributed by atoms with E-state index in [0.717, 1.165) is 29.8 Å². The minimum Gasteiger partial charge on any atom is -0.473 e. The van der Waals surface area contributed by atoms with E-state index in [0.29, 0.717) is 0 Å². The number of hydrogen-bond acceptors (Lipinski definition) is 3. The van der Waals surface area contributed by atoms with Crippen LogP contribution in [0.25, 0.3) is 0 Å². The molecular formula is C10H14N2O. The molecule has 13 heavy (non-hydrogen) atoms. The van der Waals surface area contributed by atoms with Crippen molar-refractivity contribution in [3.8, 4) is 5.75 Å². The first kappa shape index (κ1) is 8.38. The number of hydrogen-bond donors (Lipinski definition) is 2. The van der Waals surface area contributed by atoms with E-state index in [1.54, 1.807) is 0 Å². The first-order valence-electron chi connectivity index (χ1n) is 4.48. The van der Waals surface area contributed by atoms with Crippen molar-refractivity contribution < 1.29 is 4.74 Å². The lowest BCUT2D eigenvalue weighted by Gasteiger charge is -2.24. The number of fused-ring (bicyclic) bond motifs is 1. The van der Waals surface area contributed by atoms with E-state index < -0.39 is 0 Å². The number of nitrogens with two attached hydrogens (primary N) is 2. The maximum absolute atomic E-state index is 5.89. The Balaban J connectivity index is 2.48. The molecule has 0 amide bonds. The normalized spacial score (nSPS) is 20.6. The van der Waals surface area contributed by atoms with Gasteiger partial charge in [-0.15, -0.1) is 0 Å². The number of nitrogen functional groups attached to an aromatic ring is 1. The molecule has 3 heteroatoms. The number of benzene rings is 1. The zero-order valence-corrected chi connectivity index (χ0v) is 7.71. The maximum atomic E-state index is 5.89. The molecule has 2 rings (SSSR count). The van der Waals surface area contributed by atoms with E-state index in [9.17, 15) is 0 Å². The van der Waals surface area contributed by atoms with Crippen LogP contribution < -0.4 is 16.2 Å². The lowest BCUT2D eigenvalue weighted by Crippen LogP contribution is -2.31. The monoisotopic (exact) mass is 178 g/mol. The minimum absolute atomic E-state index is 0.198. The number of anilines is 1. The standard InChI is InChI=1S/C10H14N2O/c1-6-2-3-7-4-5-8(11)13-10(7)9(6)12/h2-3,8H,4-5,11-12H2,1H3. The molecule has 0 fully saturated rings. The molecule has 1 atom stereocenters. The van der Waals surface area contributed by atoms with Gasteiger partial charge in [-0.2, -0.15) is 0 Å². The van der Waals surface area contributed by atoms with E-state index in [1.807, 2.05) is 13.0 Å². The van der Waals surface area contributed by atoms with Crippen molar-refractivity contribution in [2.24, 2.45) is 5.73 Å². The summed E-state index contributed by atoms with van der Waals surface area (Å²) in [5.74, 6) is 0.791. The summed E-state index contributed by atoms with van der Waals surface area (Å²) >= 11 is 0. The van der Waals surface area contributed by atoms with Gasteiger partial charge >= 0.3 is 0 Å². The number of aryl methyl sites for hydroxylation is 2. The van der Waals surface area contributed by atoms with Crippen LogP contribution in [-0.4, -0.2) is 6.23 Å². The van der Waals surface area contributed by atoms with Gasteiger partial charge in [0, 0.05) is 6.42 Å². The molecule has 0 saturated heterocycles. The molecule has 1 aromatic rings. The molecule has 0 aliphatic carbocycles. The molecule has 0 saturated carbocycles. The van der Waals surface area contributed by atoms with Gasteiger partial charge in [0.1, 0.15) is 12.0 Å². The Hall–Kier alpha value is -1.22. The highest BCUT2D eigenvalue weighted by Gasteiger charge is 2.19. The molecule has 3 nitrogen and oxygen atoms in total. The molecule has 1 aromatic carbocycles. The fourth-order valence-electron chi connectivity index (χ4n) is 1.59. The number of ether oxygens (including phenoxy) is 1. The minimum atomic E-state index is -0.198. The molecule has 4 N–H and O–H groups in total. The Morgan fingerprint density at radius 3 is 3.00 bits per heavy atom. The summed E-state index contributed by atoms with van der Waals surface area (Å²) in [7, 11) is 0. The van der Waals surface area contributed by atoms with Crippen molar-refractivity contribution in [3.63, 3.8) is 0 Å². The van der Waals surface area contributed by atoms with Gasteiger partial charge in [-0.3, -0.25) is 5.73 Å². The van der Waals surface area contributed by atoms with Crippen LogP contribution >= 0.6 is 0 Å². The third kappa shape index (κ3) is 1.35. The van der Waals surface area contributed by atoms with Crippen LogP contribution in [0, 0.1) is 6.92 Å². The summed E-state index contributed by atoms with van der Waals surface area (Å²) in [6.07, 6.45) is 1.63. The molecule has 1 heterocycles. The van der Waals surface area contributed by atoms with Crippen molar-refractivity contribution in [1.29, 1.82) is 0 Å². The summed E-state index contributed by atoms with van der Waals surface area (Å²) in [4.78, 5) is 0. The summed E-state index contributed by atoms with van der Waals surface area (Å²) in [5.41, 5.74) is 14.5. The third-order valence-electron chi connectivity index (χ3n) is 2.46. The average Bonchev–Trinajstić information content (AvgIpc) is 2.12. The highest BCUT2D eigenvalue weighted by molar-refractivity contribution is 5.62. The summed E-state index contributed by atoms with van der Waals surface area (Å²) < 4.78 is 5.50. The van der Waals surface area contributed by atoms with Gasteiger partial charge < -0.3 is 10.5 Å². The highest BCUT2D eigenvalue weighted by atomic mass is 16.5. The van der Waals surface area contributed by atoms with Gasteiger partial charge in [-0.05, 0) is 24.5 Å². The van der Waals surface area contributed by atoms with Crippen molar-refractivity contribution >= 4 is 5.69 Å². The molecule has 70 valence electrons. The largest absolute Gasteiger partial charge is 0.473 e. The average molecular weight is 178 g/mol. The zero-order chi connectivity index (χ0) is 9.42. The molecule has 1 aliphatic heterocycles.